The second-order valence-electron chi connectivity index (χ2n) is 13.9. The number of carbonyl (C=O) groups is 2. The van der Waals surface area contributed by atoms with Gasteiger partial charge in [0.2, 0.25) is 15.9 Å². The predicted octanol–water partition coefficient (Wildman–Crippen LogP) is 4.89. The summed E-state index contributed by atoms with van der Waals surface area (Å²) in [7, 11) is -1.99. The normalized spacial score (nSPS) is 15.6. The molecule has 5 rings (SSSR count). The van der Waals surface area contributed by atoms with Crippen molar-refractivity contribution in [3.05, 3.63) is 89.9 Å². The van der Waals surface area contributed by atoms with Gasteiger partial charge in [0.15, 0.2) is 5.65 Å². The molecule has 2 aromatic heterocycles. The minimum atomic E-state index is -3.88. The summed E-state index contributed by atoms with van der Waals surface area (Å²) in [6, 6.07) is 18.4. The molecule has 52 heavy (non-hydrogen) atoms. The number of aromatic nitrogens is 3. The van der Waals surface area contributed by atoms with Crippen LogP contribution in [0.5, 0.6) is 0 Å². The van der Waals surface area contributed by atoms with Crippen molar-refractivity contribution in [1.82, 2.24) is 34.0 Å². The molecule has 2 N–H and O–H groups in total. The van der Waals surface area contributed by atoms with Crippen LogP contribution in [-0.2, 0) is 34.8 Å². The van der Waals surface area contributed by atoms with E-state index in [0.717, 1.165) is 16.7 Å². The van der Waals surface area contributed by atoms with Crippen LogP contribution in [0.2, 0.25) is 0 Å². The summed E-state index contributed by atoms with van der Waals surface area (Å²) in [4.78, 5) is 40.9. The molecule has 13 nitrogen and oxygen atoms in total. The Kier molecular flexibility index (Phi) is 12.7. The fourth-order valence-corrected chi connectivity index (χ4v) is 8.31. The number of fused-ring (bicyclic) bond motifs is 1. The van der Waals surface area contributed by atoms with Crippen molar-refractivity contribution < 1.29 is 23.2 Å². The van der Waals surface area contributed by atoms with Gasteiger partial charge in [-0.2, -0.15) is 4.31 Å². The second-order valence-corrected chi connectivity index (χ2v) is 15.9. The number of amides is 3. The molecule has 14 heteroatoms. The first-order valence-electron chi connectivity index (χ1n) is 17.9. The van der Waals surface area contributed by atoms with E-state index in [0.29, 0.717) is 56.8 Å². The monoisotopic (exact) mass is 730 g/mol. The van der Waals surface area contributed by atoms with Gasteiger partial charge in [-0.25, -0.2) is 23.2 Å². The van der Waals surface area contributed by atoms with E-state index in [1.807, 2.05) is 81.8 Å². The third kappa shape index (κ3) is 8.96. The highest BCUT2D eigenvalue weighted by Gasteiger charge is 2.40. The lowest BCUT2D eigenvalue weighted by Crippen LogP contribution is -2.54. The fraction of sp³-hybridized carbons (Fsp3) is 0.447. The highest BCUT2D eigenvalue weighted by Crippen LogP contribution is 2.24. The van der Waals surface area contributed by atoms with Crippen molar-refractivity contribution in [2.45, 2.75) is 70.5 Å². The van der Waals surface area contributed by atoms with Gasteiger partial charge in [-0.3, -0.25) is 4.79 Å². The molecular formula is C38H50N8O5S. The number of nitrogens with zero attached hydrogens (tertiary/aromatic N) is 7. The number of urea groups is 1. The number of imidazole rings is 1. The summed E-state index contributed by atoms with van der Waals surface area (Å²) < 4.78 is 31.2. The van der Waals surface area contributed by atoms with E-state index in [9.17, 15) is 18.0 Å². The maximum atomic E-state index is 14.3. The highest BCUT2D eigenvalue weighted by molar-refractivity contribution is 7.89. The second kappa shape index (κ2) is 17.1. The SMILES string of the molecule is CC[C@H](C)[C@H](C(=O)N[C@H](CCN(CC(C)C)S(=O)(=O)c1ccc(/C=N/O)cc1)Cc1ccccc1)N1CCN(Cc2nc3cccnc3n2C)C1=O. The summed E-state index contributed by atoms with van der Waals surface area (Å²) >= 11 is 0. The van der Waals surface area contributed by atoms with Crippen molar-refractivity contribution in [2.75, 3.05) is 26.2 Å². The summed E-state index contributed by atoms with van der Waals surface area (Å²) in [6.45, 7) is 9.55. The lowest BCUT2D eigenvalue weighted by Gasteiger charge is -2.33. The minimum absolute atomic E-state index is 0.0528. The first-order chi connectivity index (χ1) is 24.9. The summed E-state index contributed by atoms with van der Waals surface area (Å²) in [5, 5.41) is 15.1. The zero-order chi connectivity index (χ0) is 37.4. The van der Waals surface area contributed by atoms with Gasteiger partial charge >= 0.3 is 6.03 Å². The quantitative estimate of drug-likeness (QED) is 0.0891. The van der Waals surface area contributed by atoms with Crippen LogP contribution in [0.15, 0.2) is 83.0 Å². The predicted molar refractivity (Wildman–Crippen MR) is 200 cm³/mol. The van der Waals surface area contributed by atoms with E-state index in [2.05, 4.69) is 15.5 Å². The van der Waals surface area contributed by atoms with Crippen molar-refractivity contribution >= 4 is 39.3 Å². The summed E-state index contributed by atoms with van der Waals surface area (Å²) in [5.74, 6) is 0.388. The Hall–Kier alpha value is -4.82. The van der Waals surface area contributed by atoms with Gasteiger partial charge in [-0.1, -0.05) is 81.7 Å². The topological polar surface area (TPSA) is 153 Å². The van der Waals surface area contributed by atoms with E-state index in [-0.39, 0.29) is 35.2 Å². The van der Waals surface area contributed by atoms with Crippen LogP contribution in [0.1, 0.15) is 57.5 Å². The van der Waals surface area contributed by atoms with E-state index < -0.39 is 22.1 Å². The number of hydrogen-bond acceptors (Lipinski definition) is 8. The zero-order valence-corrected chi connectivity index (χ0v) is 31.4. The standard InChI is InChI=1S/C38H50N8O5S/c1-6-28(4)35(46-22-21-44(38(46)48)26-34-42-33-13-10-19-39-36(33)43(34)5)37(47)41-31(23-29-11-8-7-9-12-29)18-20-45(25-27(2)3)52(50,51)32-16-14-30(15-17-32)24-40-49/h7-17,19,24,27-28,31,35,49H,6,18,20-23,25-26H2,1-5H3,(H,41,47)/b40-24+/t28-,31+,35+/m0/s1. The van der Waals surface area contributed by atoms with Gasteiger partial charge in [0, 0.05) is 45.5 Å². The van der Waals surface area contributed by atoms with Gasteiger partial charge in [0.1, 0.15) is 17.4 Å². The first kappa shape index (κ1) is 38.4. The number of carbonyl (C=O) groups excluding carboxylic acids is 2. The third-order valence-corrected chi connectivity index (χ3v) is 11.5. The van der Waals surface area contributed by atoms with E-state index in [1.54, 1.807) is 28.1 Å². The fourth-order valence-electron chi connectivity index (χ4n) is 6.69. The Bertz CT molecular complexity index is 1950. The molecule has 1 aliphatic heterocycles. The number of nitrogens with one attached hydrogen (secondary N) is 1. The average Bonchev–Trinajstić information content (AvgIpc) is 3.64. The number of rotatable bonds is 17. The van der Waals surface area contributed by atoms with Crippen LogP contribution < -0.4 is 5.32 Å². The smallest absolute Gasteiger partial charge is 0.321 e. The van der Waals surface area contributed by atoms with Crippen LogP contribution in [0.3, 0.4) is 0 Å². The summed E-state index contributed by atoms with van der Waals surface area (Å²) in [5.41, 5.74) is 3.08. The molecule has 0 saturated carbocycles. The van der Waals surface area contributed by atoms with Gasteiger partial charge in [-0.15, -0.1) is 0 Å². The van der Waals surface area contributed by atoms with Crippen molar-refractivity contribution in [2.24, 2.45) is 24.0 Å². The lowest BCUT2D eigenvalue weighted by molar-refractivity contribution is -0.127. The molecule has 1 aliphatic rings. The van der Waals surface area contributed by atoms with Crippen LogP contribution in [0.4, 0.5) is 4.79 Å². The Balaban J connectivity index is 1.35. The highest BCUT2D eigenvalue weighted by atomic mass is 32.2. The molecule has 2 aromatic carbocycles. The molecule has 0 aliphatic carbocycles. The first-order valence-corrected chi connectivity index (χ1v) is 19.3. The Morgan fingerprint density at radius 2 is 1.79 bits per heavy atom. The Morgan fingerprint density at radius 3 is 2.44 bits per heavy atom. The maximum Gasteiger partial charge on any atom is 0.321 e. The van der Waals surface area contributed by atoms with Gasteiger partial charge in [-0.05, 0) is 60.1 Å². The molecule has 278 valence electrons. The van der Waals surface area contributed by atoms with Crippen molar-refractivity contribution in [3.63, 3.8) is 0 Å². The number of aryl methyl sites for hydroxylation is 1. The molecule has 1 fully saturated rings. The minimum Gasteiger partial charge on any atom is -0.411 e. The molecule has 3 atom stereocenters. The number of sulfonamides is 1. The van der Waals surface area contributed by atoms with Crippen molar-refractivity contribution in [3.8, 4) is 0 Å². The molecule has 1 saturated heterocycles. The number of pyridine rings is 1. The van der Waals surface area contributed by atoms with Gasteiger partial charge in [0.05, 0.1) is 17.7 Å². The zero-order valence-electron chi connectivity index (χ0n) is 30.6. The molecule has 4 aromatic rings. The maximum absolute atomic E-state index is 14.3. The Labute approximate surface area is 306 Å². The van der Waals surface area contributed by atoms with Gasteiger partial charge in [0.25, 0.3) is 0 Å². The Morgan fingerprint density at radius 1 is 1.06 bits per heavy atom. The average molecular weight is 731 g/mol. The number of benzene rings is 2. The van der Waals surface area contributed by atoms with Crippen LogP contribution in [0.25, 0.3) is 11.2 Å². The number of oxime groups is 1. The molecule has 0 spiro atoms. The molecule has 3 amide bonds. The third-order valence-electron chi connectivity index (χ3n) is 9.66. The molecule has 3 heterocycles. The largest absolute Gasteiger partial charge is 0.411 e. The van der Waals surface area contributed by atoms with E-state index >= 15 is 0 Å². The van der Waals surface area contributed by atoms with Crippen molar-refractivity contribution in [1.29, 1.82) is 0 Å². The lowest BCUT2D eigenvalue weighted by atomic mass is 9.95. The van der Waals surface area contributed by atoms with E-state index in [4.69, 9.17) is 10.2 Å². The summed E-state index contributed by atoms with van der Waals surface area (Å²) in [6.07, 6.45) is 4.48. The molecular weight excluding hydrogens is 681 g/mol. The van der Waals surface area contributed by atoms with Crippen LogP contribution in [0, 0.1) is 11.8 Å². The van der Waals surface area contributed by atoms with Gasteiger partial charge < -0.3 is 24.9 Å². The molecule has 0 radical (unpaired) electrons. The molecule has 0 bridgehead atoms. The van der Waals surface area contributed by atoms with Crippen LogP contribution in [-0.4, -0.2) is 98.7 Å². The van der Waals surface area contributed by atoms with E-state index in [1.165, 1.54) is 22.7 Å². The number of hydrogen-bond donors (Lipinski definition) is 2. The van der Waals surface area contributed by atoms with Crippen LogP contribution >= 0.6 is 0 Å². The molecule has 0 unspecified atom stereocenters.